The summed E-state index contributed by atoms with van der Waals surface area (Å²) >= 11 is 6.02. The number of hydrogen-bond acceptors (Lipinski definition) is 2. The number of halogens is 1. The first-order valence-electron chi connectivity index (χ1n) is 6.88. The van der Waals surface area contributed by atoms with Gasteiger partial charge >= 0.3 is 0 Å². The highest BCUT2D eigenvalue weighted by atomic mass is 35.5. The Hall–Kier alpha value is -1.12. The van der Waals surface area contributed by atoms with Crippen molar-refractivity contribution in [2.24, 2.45) is 5.92 Å². The van der Waals surface area contributed by atoms with Crippen LogP contribution < -0.4 is 5.32 Å². The molecule has 1 N–H and O–H groups in total. The van der Waals surface area contributed by atoms with Crippen LogP contribution in [0.5, 0.6) is 0 Å². The maximum Gasteiger partial charge on any atom is 0.0719 e. The molecule has 2 rings (SSSR count). The number of hydrogen-bond donors (Lipinski definition) is 1. The van der Waals surface area contributed by atoms with E-state index in [-0.39, 0.29) is 0 Å². The number of benzene rings is 1. The van der Waals surface area contributed by atoms with Crippen molar-refractivity contribution in [1.29, 1.82) is 0 Å². The molecule has 102 valence electrons. The average Bonchev–Trinajstić information content (AvgIpc) is 2.37. The van der Waals surface area contributed by atoms with Crippen LogP contribution >= 0.6 is 11.6 Å². The van der Waals surface area contributed by atoms with Crippen LogP contribution in [0.3, 0.4) is 0 Å². The lowest BCUT2D eigenvalue weighted by molar-refractivity contribution is 0.406. The van der Waals surface area contributed by atoms with Crippen LogP contribution in [0, 0.1) is 5.92 Å². The zero-order valence-electron chi connectivity index (χ0n) is 11.8. The molecule has 0 aliphatic carbocycles. The summed E-state index contributed by atoms with van der Waals surface area (Å²) in [5, 5.41) is 5.50. The summed E-state index contributed by atoms with van der Waals surface area (Å²) < 4.78 is 0. The SMILES string of the molecule is CCNC(Cc1ccnc2cc(Cl)ccc12)C(C)C. The summed E-state index contributed by atoms with van der Waals surface area (Å²) in [6, 6.07) is 8.54. The van der Waals surface area contributed by atoms with Gasteiger partial charge in [-0.25, -0.2) is 0 Å². The highest BCUT2D eigenvalue weighted by Gasteiger charge is 2.14. The van der Waals surface area contributed by atoms with Crippen LogP contribution in [0.1, 0.15) is 26.3 Å². The molecule has 0 saturated carbocycles. The van der Waals surface area contributed by atoms with Crippen molar-refractivity contribution < 1.29 is 0 Å². The third kappa shape index (κ3) is 3.46. The van der Waals surface area contributed by atoms with Gasteiger partial charge in [0.2, 0.25) is 0 Å². The van der Waals surface area contributed by atoms with Crippen LogP contribution in [0.15, 0.2) is 30.5 Å². The molecule has 1 unspecified atom stereocenters. The molecule has 0 amide bonds. The van der Waals surface area contributed by atoms with Crippen LogP contribution in [-0.4, -0.2) is 17.6 Å². The Balaban J connectivity index is 2.34. The molecule has 1 heterocycles. The van der Waals surface area contributed by atoms with E-state index in [9.17, 15) is 0 Å². The van der Waals surface area contributed by atoms with E-state index in [0.717, 1.165) is 23.5 Å². The van der Waals surface area contributed by atoms with Crippen molar-refractivity contribution in [1.82, 2.24) is 10.3 Å². The molecule has 3 heteroatoms. The first kappa shape index (κ1) is 14.3. The molecule has 0 bridgehead atoms. The quantitative estimate of drug-likeness (QED) is 0.891. The number of rotatable bonds is 5. The van der Waals surface area contributed by atoms with Gasteiger partial charge in [0.15, 0.2) is 0 Å². The largest absolute Gasteiger partial charge is 0.314 e. The summed E-state index contributed by atoms with van der Waals surface area (Å²) in [6.07, 6.45) is 2.89. The van der Waals surface area contributed by atoms with E-state index >= 15 is 0 Å². The summed E-state index contributed by atoms with van der Waals surface area (Å²) in [4.78, 5) is 4.40. The Kier molecular flexibility index (Phi) is 4.78. The number of aromatic nitrogens is 1. The van der Waals surface area contributed by atoms with Crippen molar-refractivity contribution in [2.75, 3.05) is 6.54 Å². The van der Waals surface area contributed by atoms with Gasteiger partial charge in [0.1, 0.15) is 0 Å². The van der Waals surface area contributed by atoms with Gasteiger partial charge in [0.05, 0.1) is 5.52 Å². The monoisotopic (exact) mass is 276 g/mol. The summed E-state index contributed by atoms with van der Waals surface area (Å²) in [7, 11) is 0. The Morgan fingerprint density at radius 2 is 2.05 bits per heavy atom. The number of nitrogens with zero attached hydrogens (tertiary/aromatic N) is 1. The molecule has 0 aliphatic heterocycles. The van der Waals surface area contributed by atoms with Gasteiger partial charge < -0.3 is 5.32 Å². The molecule has 1 aromatic heterocycles. The predicted molar refractivity (Wildman–Crippen MR) is 82.8 cm³/mol. The van der Waals surface area contributed by atoms with Gasteiger partial charge in [-0.05, 0) is 42.6 Å². The molecular formula is C16H21ClN2. The van der Waals surface area contributed by atoms with Crippen molar-refractivity contribution in [3.63, 3.8) is 0 Å². The van der Waals surface area contributed by atoms with E-state index in [1.165, 1.54) is 10.9 Å². The van der Waals surface area contributed by atoms with E-state index in [1.54, 1.807) is 0 Å². The minimum Gasteiger partial charge on any atom is -0.314 e. The highest BCUT2D eigenvalue weighted by Crippen LogP contribution is 2.22. The molecule has 2 aromatic rings. The first-order chi connectivity index (χ1) is 9.11. The zero-order valence-corrected chi connectivity index (χ0v) is 12.5. The fourth-order valence-electron chi connectivity index (χ4n) is 2.40. The van der Waals surface area contributed by atoms with Crippen molar-refractivity contribution in [3.05, 3.63) is 41.0 Å². The standard InChI is InChI=1S/C16H21ClN2/c1-4-18-15(11(2)3)9-12-7-8-19-16-10-13(17)5-6-14(12)16/h5-8,10-11,15,18H,4,9H2,1-3H3. The topological polar surface area (TPSA) is 24.9 Å². The smallest absolute Gasteiger partial charge is 0.0719 e. The van der Waals surface area contributed by atoms with Gasteiger partial charge in [0.25, 0.3) is 0 Å². The van der Waals surface area contributed by atoms with Crippen molar-refractivity contribution in [3.8, 4) is 0 Å². The van der Waals surface area contributed by atoms with Gasteiger partial charge in [-0.2, -0.15) is 0 Å². The Morgan fingerprint density at radius 1 is 1.26 bits per heavy atom. The normalized spacial score (nSPS) is 13.1. The molecule has 0 aliphatic rings. The van der Waals surface area contributed by atoms with Crippen molar-refractivity contribution in [2.45, 2.75) is 33.2 Å². The van der Waals surface area contributed by atoms with E-state index < -0.39 is 0 Å². The van der Waals surface area contributed by atoms with Gasteiger partial charge in [-0.3, -0.25) is 4.98 Å². The third-order valence-electron chi connectivity index (χ3n) is 3.51. The minimum absolute atomic E-state index is 0.492. The predicted octanol–water partition coefficient (Wildman–Crippen LogP) is 4.06. The van der Waals surface area contributed by atoms with Crippen LogP contribution in [-0.2, 0) is 6.42 Å². The molecular weight excluding hydrogens is 256 g/mol. The Labute approximate surface area is 120 Å². The molecule has 0 saturated heterocycles. The third-order valence-corrected chi connectivity index (χ3v) is 3.74. The fourth-order valence-corrected chi connectivity index (χ4v) is 2.57. The zero-order chi connectivity index (χ0) is 13.8. The van der Waals surface area contributed by atoms with Crippen LogP contribution in [0.25, 0.3) is 10.9 Å². The Morgan fingerprint density at radius 3 is 2.74 bits per heavy atom. The second-order valence-electron chi connectivity index (χ2n) is 5.24. The summed E-state index contributed by atoms with van der Waals surface area (Å²) in [6.45, 7) is 7.67. The first-order valence-corrected chi connectivity index (χ1v) is 7.26. The lowest BCUT2D eigenvalue weighted by atomic mass is 9.94. The fraction of sp³-hybridized carbons (Fsp3) is 0.438. The van der Waals surface area contributed by atoms with Crippen LogP contribution in [0.4, 0.5) is 0 Å². The summed E-state index contributed by atoms with van der Waals surface area (Å²) in [5.74, 6) is 0.607. The number of fused-ring (bicyclic) bond motifs is 1. The summed E-state index contributed by atoms with van der Waals surface area (Å²) in [5.41, 5.74) is 2.31. The van der Waals surface area contributed by atoms with E-state index in [1.807, 2.05) is 18.3 Å². The minimum atomic E-state index is 0.492. The van der Waals surface area contributed by atoms with Crippen LogP contribution in [0.2, 0.25) is 5.02 Å². The average molecular weight is 277 g/mol. The van der Waals surface area contributed by atoms with Crippen molar-refractivity contribution >= 4 is 22.5 Å². The van der Waals surface area contributed by atoms with E-state index in [2.05, 4.69) is 43.2 Å². The maximum absolute atomic E-state index is 6.02. The highest BCUT2D eigenvalue weighted by molar-refractivity contribution is 6.31. The molecule has 19 heavy (non-hydrogen) atoms. The van der Waals surface area contributed by atoms with E-state index in [0.29, 0.717) is 12.0 Å². The molecule has 0 fully saturated rings. The number of pyridine rings is 1. The Bertz CT molecular complexity index is 551. The van der Waals surface area contributed by atoms with Gasteiger partial charge in [-0.15, -0.1) is 0 Å². The van der Waals surface area contributed by atoms with Gasteiger partial charge in [-0.1, -0.05) is 38.4 Å². The lowest BCUT2D eigenvalue weighted by Crippen LogP contribution is -2.35. The van der Waals surface area contributed by atoms with E-state index in [4.69, 9.17) is 11.6 Å². The number of nitrogens with one attached hydrogen (secondary N) is 1. The molecule has 2 nitrogen and oxygen atoms in total. The molecule has 0 spiro atoms. The lowest BCUT2D eigenvalue weighted by Gasteiger charge is -2.22. The molecule has 1 aromatic carbocycles. The maximum atomic E-state index is 6.02. The molecule has 1 atom stereocenters. The molecule has 0 radical (unpaired) electrons. The van der Waals surface area contributed by atoms with Gasteiger partial charge in [0, 0.05) is 22.6 Å². The second-order valence-corrected chi connectivity index (χ2v) is 5.68. The second kappa shape index (κ2) is 6.36. The number of likely N-dealkylation sites (N-methyl/N-ethyl adjacent to an activating group) is 1.